The van der Waals surface area contributed by atoms with E-state index in [9.17, 15) is 0 Å². The zero-order valence-corrected chi connectivity index (χ0v) is 10.8. The Morgan fingerprint density at radius 1 is 1.21 bits per heavy atom. The molecular weight excluding hydrogens is 264 g/mol. The van der Waals surface area contributed by atoms with Crippen LogP contribution in [0, 0.1) is 6.92 Å². The number of anilines is 1. The SMILES string of the molecule is Cc1cnc(NN)nc1Sc1ncnc2nc[nH]c12. The lowest BCUT2D eigenvalue weighted by Gasteiger charge is -2.05. The van der Waals surface area contributed by atoms with E-state index in [0.717, 1.165) is 21.1 Å². The van der Waals surface area contributed by atoms with Crippen LogP contribution in [0.4, 0.5) is 5.95 Å². The van der Waals surface area contributed by atoms with Crippen molar-refractivity contribution < 1.29 is 0 Å². The summed E-state index contributed by atoms with van der Waals surface area (Å²) in [7, 11) is 0. The van der Waals surface area contributed by atoms with Gasteiger partial charge >= 0.3 is 0 Å². The molecule has 0 saturated heterocycles. The molecule has 9 heteroatoms. The minimum Gasteiger partial charge on any atom is -0.341 e. The summed E-state index contributed by atoms with van der Waals surface area (Å²) in [6, 6.07) is 0. The first-order valence-electron chi connectivity index (χ1n) is 5.40. The number of hydrogen-bond acceptors (Lipinski definition) is 8. The summed E-state index contributed by atoms with van der Waals surface area (Å²) in [6.45, 7) is 1.92. The highest BCUT2D eigenvalue weighted by Gasteiger charge is 2.11. The van der Waals surface area contributed by atoms with Gasteiger partial charge in [-0.05, 0) is 18.7 Å². The van der Waals surface area contributed by atoms with Crippen LogP contribution in [0.3, 0.4) is 0 Å². The van der Waals surface area contributed by atoms with Gasteiger partial charge < -0.3 is 4.98 Å². The van der Waals surface area contributed by atoms with Crippen molar-refractivity contribution in [3.05, 3.63) is 24.4 Å². The van der Waals surface area contributed by atoms with Crippen molar-refractivity contribution in [3.63, 3.8) is 0 Å². The van der Waals surface area contributed by atoms with Gasteiger partial charge in [0.1, 0.15) is 21.9 Å². The summed E-state index contributed by atoms with van der Waals surface area (Å²) in [6.07, 6.45) is 4.77. The Morgan fingerprint density at radius 3 is 2.95 bits per heavy atom. The monoisotopic (exact) mass is 274 g/mol. The molecule has 3 aromatic heterocycles. The highest BCUT2D eigenvalue weighted by Crippen LogP contribution is 2.30. The van der Waals surface area contributed by atoms with E-state index in [2.05, 4.69) is 35.3 Å². The maximum Gasteiger partial charge on any atom is 0.238 e. The Morgan fingerprint density at radius 2 is 2.11 bits per heavy atom. The predicted octanol–water partition coefficient (Wildman–Crippen LogP) is 0.888. The topological polar surface area (TPSA) is 118 Å². The Kier molecular flexibility index (Phi) is 2.97. The van der Waals surface area contributed by atoms with Crippen LogP contribution in [-0.2, 0) is 0 Å². The molecule has 0 atom stereocenters. The Bertz CT molecular complexity index is 724. The van der Waals surface area contributed by atoms with Crippen molar-refractivity contribution in [2.45, 2.75) is 17.0 Å². The first-order chi connectivity index (χ1) is 9.28. The number of aromatic amines is 1. The van der Waals surface area contributed by atoms with Gasteiger partial charge in [-0.25, -0.2) is 30.8 Å². The van der Waals surface area contributed by atoms with Gasteiger partial charge in [-0.15, -0.1) is 0 Å². The standard InChI is InChI=1S/C10H10N8S/c1-5-2-12-10(18-11)17-8(5)19-9-6-7(14-3-13-6)15-4-16-9/h2-4H,11H2,1H3,(H,12,17,18)(H,13,14,15,16). The predicted molar refractivity (Wildman–Crippen MR) is 70.4 cm³/mol. The van der Waals surface area contributed by atoms with Crippen molar-refractivity contribution >= 4 is 28.9 Å². The second kappa shape index (κ2) is 4.78. The Hall–Kier alpha value is -2.26. The first kappa shape index (κ1) is 11.8. The summed E-state index contributed by atoms with van der Waals surface area (Å²) in [5.74, 6) is 5.67. The number of H-pyrrole nitrogens is 1. The number of aryl methyl sites for hydroxylation is 1. The number of fused-ring (bicyclic) bond motifs is 1. The van der Waals surface area contributed by atoms with E-state index in [1.165, 1.54) is 18.1 Å². The minimum absolute atomic E-state index is 0.364. The van der Waals surface area contributed by atoms with E-state index in [1.807, 2.05) is 6.92 Å². The van der Waals surface area contributed by atoms with Crippen molar-refractivity contribution in [3.8, 4) is 0 Å². The lowest BCUT2D eigenvalue weighted by molar-refractivity contribution is 0.986. The maximum atomic E-state index is 5.31. The zero-order chi connectivity index (χ0) is 13.2. The first-order valence-corrected chi connectivity index (χ1v) is 6.22. The molecule has 8 nitrogen and oxygen atoms in total. The number of nitrogens with two attached hydrogens (primary N) is 1. The summed E-state index contributed by atoms with van der Waals surface area (Å²) in [4.78, 5) is 23.8. The molecule has 3 aromatic rings. The second-order valence-electron chi connectivity index (χ2n) is 3.71. The van der Waals surface area contributed by atoms with E-state index in [1.54, 1.807) is 12.5 Å². The molecule has 4 N–H and O–H groups in total. The molecule has 0 spiro atoms. The third kappa shape index (κ3) is 2.20. The molecule has 96 valence electrons. The molecule has 0 radical (unpaired) electrons. The van der Waals surface area contributed by atoms with Crippen LogP contribution < -0.4 is 11.3 Å². The van der Waals surface area contributed by atoms with Crippen LogP contribution in [0.5, 0.6) is 0 Å². The molecule has 0 aromatic carbocycles. The van der Waals surface area contributed by atoms with Crippen molar-refractivity contribution in [1.82, 2.24) is 29.9 Å². The van der Waals surface area contributed by atoms with E-state index < -0.39 is 0 Å². The van der Waals surface area contributed by atoms with Gasteiger partial charge in [0, 0.05) is 11.8 Å². The molecule has 0 amide bonds. The average Bonchev–Trinajstić information content (AvgIpc) is 2.90. The molecule has 0 aliphatic carbocycles. The number of nitrogens with one attached hydrogen (secondary N) is 2. The van der Waals surface area contributed by atoms with Gasteiger partial charge in [0.2, 0.25) is 5.95 Å². The number of rotatable bonds is 3. The number of hydrogen-bond donors (Lipinski definition) is 3. The van der Waals surface area contributed by atoms with Crippen LogP contribution in [0.15, 0.2) is 28.9 Å². The van der Waals surface area contributed by atoms with Gasteiger partial charge in [-0.1, -0.05) is 0 Å². The van der Waals surface area contributed by atoms with Gasteiger partial charge in [0.15, 0.2) is 5.65 Å². The second-order valence-corrected chi connectivity index (χ2v) is 4.69. The Balaban J connectivity index is 2.03. The fourth-order valence-electron chi connectivity index (χ4n) is 1.51. The molecule has 0 unspecified atom stereocenters. The number of imidazole rings is 1. The van der Waals surface area contributed by atoms with Crippen LogP contribution in [-0.4, -0.2) is 29.9 Å². The molecule has 0 fully saturated rings. The molecular formula is C10H10N8S. The fraction of sp³-hybridized carbons (Fsp3) is 0.100. The van der Waals surface area contributed by atoms with Crippen LogP contribution in [0.1, 0.15) is 5.56 Å². The fourth-order valence-corrected chi connectivity index (χ4v) is 2.39. The Labute approximate surface area is 112 Å². The largest absolute Gasteiger partial charge is 0.341 e. The van der Waals surface area contributed by atoms with Gasteiger partial charge in [-0.2, -0.15) is 0 Å². The van der Waals surface area contributed by atoms with Crippen LogP contribution in [0.25, 0.3) is 11.2 Å². The van der Waals surface area contributed by atoms with E-state index in [-0.39, 0.29) is 0 Å². The number of nitrogen functional groups attached to an aromatic ring is 1. The van der Waals surface area contributed by atoms with Crippen molar-refractivity contribution in [2.24, 2.45) is 5.84 Å². The van der Waals surface area contributed by atoms with Gasteiger partial charge in [-0.3, -0.25) is 5.43 Å². The summed E-state index contributed by atoms with van der Waals surface area (Å²) >= 11 is 1.41. The molecule has 3 heterocycles. The highest BCUT2D eigenvalue weighted by molar-refractivity contribution is 7.99. The summed E-state index contributed by atoms with van der Waals surface area (Å²) in [5, 5.41) is 1.53. The normalized spacial score (nSPS) is 10.8. The molecule has 19 heavy (non-hydrogen) atoms. The smallest absolute Gasteiger partial charge is 0.238 e. The summed E-state index contributed by atoms with van der Waals surface area (Å²) < 4.78 is 0. The minimum atomic E-state index is 0.364. The molecule has 0 bridgehead atoms. The maximum absolute atomic E-state index is 5.31. The van der Waals surface area contributed by atoms with Crippen molar-refractivity contribution in [2.75, 3.05) is 5.43 Å². The van der Waals surface area contributed by atoms with Crippen LogP contribution in [0.2, 0.25) is 0 Å². The zero-order valence-electron chi connectivity index (χ0n) is 9.95. The molecule has 0 saturated carbocycles. The highest BCUT2D eigenvalue weighted by atomic mass is 32.2. The van der Waals surface area contributed by atoms with Crippen LogP contribution >= 0.6 is 11.8 Å². The number of nitrogens with zero attached hydrogens (tertiary/aromatic N) is 5. The van der Waals surface area contributed by atoms with Gasteiger partial charge in [0.05, 0.1) is 6.33 Å². The molecule has 0 aliphatic rings. The number of aromatic nitrogens is 6. The lowest BCUT2D eigenvalue weighted by atomic mass is 10.4. The van der Waals surface area contributed by atoms with E-state index >= 15 is 0 Å². The molecule has 0 aliphatic heterocycles. The third-order valence-corrected chi connectivity index (χ3v) is 3.55. The van der Waals surface area contributed by atoms with Crippen molar-refractivity contribution in [1.29, 1.82) is 0 Å². The quantitative estimate of drug-likeness (QED) is 0.366. The lowest BCUT2D eigenvalue weighted by Crippen LogP contribution is -2.10. The number of hydrazine groups is 1. The van der Waals surface area contributed by atoms with E-state index in [4.69, 9.17) is 5.84 Å². The van der Waals surface area contributed by atoms with Gasteiger partial charge in [0.25, 0.3) is 0 Å². The third-order valence-electron chi connectivity index (χ3n) is 2.44. The average molecular weight is 274 g/mol. The molecule has 3 rings (SSSR count). The van der Waals surface area contributed by atoms with E-state index in [0.29, 0.717) is 11.6 Å². The summed E-state index contributed by atoms with van der Waals surface area (Å²) in [5.41, 5.74) is 4.78.